The van der Waals surface area contributed by atoms with Gasteiger partial charge >= 0.3 is 17.8 Å². The maximum atomic E-state index is 14.3. The van der Waals surface area contributed by atoms with Crippen LogP contribution >= 0.6 is 11.3 Å². The summed E-state index contributed by atoms with van der Waals surface area (Å²) in [6.45, 7) is 3.26. The molecule has 11 heteroatoms. The normalized spacial score (nSPS) is 13.3. The van der Waals surface area contributed by atoms with Crippen LogP contribution in [0.1, 0.15) is 24.2 Å². The SMILES string of the molecule is CCOC(=O)C(NC(=O)c1ccccc1)(Nc1nc2ccc(OCC)cc2s1)C(F)(F)F. The van der Waals surface area contributed by atoms with Gasteiger partial charge in [0, 0.05) is 5.56 Å². The van der Waals surface area contributed by atoms with Crippen LogP contribution in [-0.4, -0.2) is 41.9 Å². The summed E-state index contributed by atoms with van der Waals surface area (Å²) < 4.78 is 53.5. The van der Waals surface area contributed by atoms with Crippen molar-refractivity contribution in [1.29, 1.82) is 0 Å². The first kappa shape index (κ1) is 23.3. The zero-order valence-corrected chi connectivity index (χ0v) is 18.0. The number of nitrogens with zero attached hydrogens (tertiary/aromatic N) is 1. The van der Waals surface area contributed by atoms with E-state index in [1.54, 1.807) is 36.5 Å². The highest BCUT2D eigenvalue weighted by molar-refractivity contribution is 7.22. The number of benzene rings is 2. The highest BCUT2D eigenvalue weighted by atomic mass is 32.1. The van der Waals surface area contributed by atoms with Gasteiger partial charge in [0.05, 0.1) is 23.4 Å². The lowest BCUT2D eigenvalue weighted by molar-refractivity contribution is -0.204. The number of carbonyl (C=O) groups is 2. The molecule has 0 aliphatic rings. The Bertz CT molecular complexity index is 1100. The predicted octanol–water partition coefficient (Wildman–Crippen LogP) is 4.36. The number of hydrogen-bond acceptors (Lipinski definition) is 7. The quantitative estimate of drug-likeness (QED) is 0.378. The molecule has 1 aromatic heterocycles. The minimum Gasteiger partial charge on any atom is -0.494 e. The molecule has 1 amide bonds. The Morgan fingerprint density at radius 2 is 1.78 bits per heavy atom. The van der Waals surface area contributed by atoms with E-state index in [-0.39, 0.29) is 17.3 Å². The van der Waals surface area contributed by atoms with Crippen molar-refractivity contribution < 1.29 is 32.2 Å². The molecule has 0 radical (unpaired) electrons. The first-order chi connectivity index (χ1) is 15.2. The summed E-state index contributed by atoms with van der Waals surface area (Å²) in [6.07, 6.45) is -5.25. The van der Waals surface area contributed by atoms with E-state index in [1.807, 2.05) is 0 Å². The smallest absolute Gasteiger partial charge is 0.442 e. The summed E-state index contributed by atoms with van der Waals surface area (Å²) in [5.74, 6) is -2.28. The number of rotatable bonds is 8. The zero-order valence-electron chi connectivity index (χ0n) is 17.2. The lowest BCUT2D eigenvalue weighted by atomic mass is 10.1. The number of ether oxygens (including phenoxy) is 2. The first-order valence-corrected chi connectivity index (χ1v) is 10.4. The summed E-state index contributed by atoms with van der Waals surface area (Å²) in [6, 6.07) is 12.1. The van der Waals surface area contributed by atoms with Crippen molar-refractivity contribution >= 4 is 38.6 Å². The van der Waals surface area contributed by atoms with E-state index in [4.69, 9.17) is 4.74 Å². The fourth-order valence-electron chi connectivity index (χ4n) is 2.84. The lowest BCUT2D eigenvalue weighted by Gasteiger charge is -2.34. The summed E-state index contributed by atoms with van der Waals surface area (Å²) in [5, 5.41) is 3.65. The maximum Gasteiger partial charge on any atom is 0.442 e. The number of thiazole rings is 1. The Hall–Kier alpha value is -3.34. The van der Waals surface area contributed by atoms with Gasteiger partial charge in [0.1, 0.15) is 5.75 Å². The summed E-state index contributed by atoms with van der Waals surface area (Å²) in [7, 11) is 0. The van der Waals surface area contributed by atoms with Crippen LogP contribution in [0.25, 0.3) is 10.2 Å². The van der Waals surface area contributed by atoms with Crippen LogP contribution in [0.4, 0.5) is 18.3 Å². The van der Waals surface area contributed by atoms with Crippen LogP contribution in [0.15, 0.2) is 48.5 Å². The third-order valence-corrected chi connectivity index (χ3v) is 5.24. The third-order valence-electron chi connectivity index (χ3n) is 4.31. The van der Waals surface area contributed by atoms with Crippen LogP contribution in [0.3, 0.4) is 0 Å². The number of aromatic nitrogens is 1. The summed E-state index contributed by atoms with van der Waals surface area (Å²) >= 11 is 0.877. The second kappa shape index (κ2) is 9.43. The molecule has 0 spiro atoms. The molecule has 1 atom stereocenters. The molecule has 0 aliphatic heterocycles. The number of hydrogen-bond donors (Lipinski definition) is 2. The molecule has 0 saturated heterocycles. The van der Waals surface area contributed by atoms with Gasteiger partial charge in [-0.15, -0.1) is 0 Å². The molecule has 0 bridgehead atoms. The van der Waals surface area contributed by atoms with E-state index >= 15 is 0 Å². The molecule has 1 unspecified atom stereocenters. The number of nitrogens with one attached hydrogen (secondary N) is 2. The van der Waals surface area contributed by atoms with Crippen LogP contribution in [0, 0.1) is 0 Å². The molecule has 0 saturated carbocycles. The lowest BCUT2D eigenvalue weighted by Crippen LogP contribution is -2.69. The van der Waals surface area contributed by atoms with E-state index in [0.29, 0.717) is 22.6 Å². The van der Waals surface area contributed by atoms with Gasteiger partial charge in [0.2, 0.25) is 0 Å². The second-order valence-electron chi connectivity index (χ2n) is 6.49. The fraction of sp³-hybridized carbons (Fsp3) is 0.286. The molecule has 0 aliphatic carbocycles. The van der Waals surface area contributed by atoms with E-state index < -0.39 is 23.7 Å². The Labute approximate surface area is 185 Å². The number of amides is 1. The van der Waals surface area contributed by atoms with Gasteiger partial charge in [-0.2, -0.15) is 13.2 Å². The minimum atomic E-state index is -5.25. The molecule has 0 fully saturated rings. The van der Waals surface area contributed by atoms with E-state index in [9.17, 15) is 22.8 Å². The van der Waals surface area contributed by atoms with Crippen molar-refractivity contribution in [3.8, 4) is 5.75 Å². The molecule has 3 rings (SSSR count). The molecule has 2 aromatic carbocycles. The number of carbonyl (C=O) groups excluding carboxylic acids is 2. The van der Waals surface area contributed by atoms with Gasteiger partial charge < -0.3 is 20.1 Å². The monoisotopic (exact) mass is 467 g/mol. The number of alkyl halides is 3. The average molecular weight is 467 g/mol. The maximum absolute atomic E-state index is 14.3. The molecule has 2 N–H and O–H groups in total. The van der Waals surface area contributed by atoms with E-state index in [0.717, 1.165) is 11.3 Å². The van der Waals surface area contributed by atoms with Crippen LogP contribution in [-0.2, 0) is 9.53 Å². The van der Waals surface area contributed by atoms with Crippen molar-refractivity contribution in [2.75, 3.05) is 18.5 Å². The largest absolute Gasteiger partial charge is 0.494 e. The molecule has 3 aromatic rings. The first-order valence-electron chi connectivity index (χ1n) is 9.63. The van der Waals surface area contributed by atoms with Crippen LogP contribution < -0.4 is 15.4 Å². The average Bonchev–Trinajstić information content (AvgIpc) is 3.15. The zero-order chi connectivity index (χ0) is 23.4. The van der Waals surface area contributed by atoms with Gasteiger partial charge in [-0.25, -0.2) is 9.78 Å². The Morgan fingerprint density at radius 1 is 1.06 bits per heavy atom. The number of anilines is 1. The highest BCUT2D eigenvalue weighted by Crippen LogP contribution is 2.36. The van der Waals surface area contributed by atoms with E-state index in [1.165, 1.54) is 31.2 Å². The van der Waals surface area contributed by atoms with Crippen molar-refractivity contribution in [2.24, 2.45) is 0 Å². The van der Waals surface area contributed by atoms with Gasteiger partial charge in [-0.3, -0.25) is 4.79 Å². The topological polar surface area (TPSA) is 89.5 Å². The minimum absolute atomic E-state index is 0.0575. The third kappa shape index (κ3) is 4.77. The van der Waals surface area contributed by atoms with Gasteiger partial charge in [-0.05, 0) is 44.2 Å². The standard InChI is InChI=1S/C21H20F3N3O4S/c1-3-30-14-10-11-15-16(12-14)32-19(25-15)27-20(21(22,23)24,18(29)31-4-2)26-17(28)13-8-6-5-7-9-13/h5-12H,3-4H2,1-2H3,(H,25,27)(H,26,28). The van der Waals surface area contributed by atoms with Gasteiger partial charge in [0.15, 0.2) is 5.13 Å². The van der Waals surface area contributed by atoms with Crippen LogP contribution in [0.5, 0.6) is 5.75 Å². The fourth-order valence-corrected chi connectivity index (χ4v) is 3.79. The molecule has 32 heavy (non-hydrogen) atoms. The predicted molar refractivity (Wildman–Crippen MR) is 114 cm³/mol. The molecule has 7 nitrogen and oxygen atoms in total. The summed E-state index contributed by atoms with van der Waals surface area (Å²) in [4.78, 5) is 29.3. The second-order valence-corrected chi connectivity index (χ2v) is 7.53. The van der Waals surface area contributed by atoms with Crippen LogP contribution in [0.2, 0.25) is 0 Å². The van der Waals surface area contributed by atoms with Crippen molar-refractivity contribution in [3.05, 3.63) is 54.1 Å². The van der Waals surface area contributed by atoms with Crippen molar-refractivity contribution in [1.82, 2.24) is 10.3 Å². The Balaban J connectivity index is 2.04. The highest BCUT2D eigenvalue weighted by Gasteiger charge is 2.64. The Kier molecular flexibility index (Phi) is 6.87. The van der Waals surface area contributed by atoms with Gasteiger partial charge in [-0.1, -0.05) is 29.5 Å². The molecule has 170 valence electrons. The number of fused-ring (bicyclic) bond motifs is 1. The Morgan fingerprint density at radius 3 is 2.41 bits per heavy atom. The van der Waals surface area contributed by atoms with E-state index in [2.05, 4.69) is 15.0 Å². The molecular weight excluding hydrogens is 447 g/mol. The number of esters is 1. The molecule has 1 heterocycles. The van der Waals surface area contributed by atoms with Crippen molar-refractivity contribution in [2.45, 2.75) is 25.7 Å². The van der Waals surface area contributed by atoms with Gasteiger partial charge in [0.25, 0.3) is 5.91 Å². The van der Waals surface area contributed by atoms with Crippen molar-refractivity contribution in [3.63, 3.8) is 0 Å². The molecular formula is C21H20F3N3O4S. The summed E-state index contributed by atoms with van der Waals surface area (Å²) in [5.41, 5.74) is -3.21. The number of halogens is 3.